The quantitative estimate of drug-likeness (QED) is 0.783. The van der Waals surface area contributed by atoms with E-state index < -0.39 is 0 Å². The molecule has 0 spiro atoms. The molecule has 0 aliphatic carbocycles. The van der Waals surface area contributed by atoms with Crippen LogP contribution in [-0.4, -0.2) is 32.9 Å². The summed E-state index contributed by atoms with van der Waals surface area (Å²) < 4.78 is 1.88. The summed E-state index contributed by atoms with van der Waals surface area (Å²) >= 11 is 0. The summed E-state index contributed by atoms with van der Waals surface area (Å²) in [5.74, 6) is 0.796. The van der Waals surface area contributed by atoms with E-state index in [1.807, 2.05) is 35.0 Å². The van der Waals surface area contributed by atoms with E-state index in [1.165, 1.54) is 11.4 Å². The largest absolute Gasteiger partial charge is 0.362 e. The molecule has 2 aromatic carbocycles. The third kappa shape index (κ3) is 2.60. The van der Waals surface area contributed by atoms with Gasteiger partial charge < -0.3 is 10.2 Å². The second-order valence-electron chi connectivity index (χ2n) is 5.92. The van der Waals surface area contributed by atoms with Gasteiger partial charge in [0.2, 0.25) is 0 Å². The smallest absolute Gasteiger partial charge is 0.182 e. The average molecular weight is 320 g/mol. The lowest BCUT2D eigenvalue weighted by molar-refractivity contribution is 0.511. The monoisotopic (exact) mass is 320 g/mol. The molecule has 3 aromatic rings. The molecule has 0 fully saturated rings. The van der Waals surface area contributed by atoms with E-state index in [0.717, 1.165) is 24.4 Å². The zero-order valence-corrected chi connectivity index (χ0v) is 13.6. The minimum atomic E-state index is 0.147. The van der Waals surface area contributed by atoms with Crippen molar-refractivity contribution in [2.24, 2.45) is 0 Å². The van der Waals surface area contributed by atoms with E-state index in [4.69, 9.17) is 0 Å². The number of anilines is 2. The van der Waals surface area contributed by atoms with Crippen LogP contribution in [0.2, 0.25) is 0 Å². The predicted octanol–water partition coefficient (Wildman–Crippen LogP) is 3.01. The summed E-state index contributed by atoms with van der Waals surface area (Å²) in [5, 5.41) is 15.9. The van der Waals surface area contributed by atoms with Crippen LogP contribution >= 0.6 is 0 Å². The van der Waals surface area contributed by atoms with Crippen molar-refractivity contribution in [2.45, 2.75) is 26.1 Å². The number of fused-ring (bicyclic) bond motifs is 1. The topological polar surface area (TPSA) is 58.9 Å². The molecule has 4 rings (SSSR count). The highest BCUT2D eigenvalue weighted by Gasteiger charge is 2.29. The maximum Gasteiger partial charge on any atom is 0.182 e. The molecule has 0 amide bonds. The summed E-state index contributed by atoms with van der Waals surface area (Å²) in [6, 6.07) is 18.5. The highest BCUT2D eigenvalue weighted by Crippen LogP contribution is 2.34. The van der Waals surface area contributed by atoms with Gasteiger partial charge in [0.05, 0.1) is 17.9 Å². The number of nitrogens with zero attached hydrogens (tertiary/aromatic N) is 5. The average Bonchev–Trinajstić information content (AvgIpc) is 3.22. The molecule has 1 aliphatic heterocycles. The Bertz CT molecular complexity index is 813. The van der Waals surface area contributed by atoms with E-state index in [1.54, 1.807) is 0 Å². The minimum Gasteiger partial charge on any atom is -0.362 e. The summed E-state index contributed by atoms with van der Waals surface area (Å²) in [6.07, 6.45) is 1.24. The number of tetrazole rings is 1. The Morgan fingerprint density at radius 3 is 2.67 bits per heavy atom. The third-order valence-corrected chi connectivity index (χ3v) is 4.29. The maximum atomic E-state index is 4.20. The van der Waals surface area contributed by atoms with Crippen LogP contribution in [0.4, 0.5) is 11.4 Å². The van der Waals surface area contributed by atoms with Crippen LogP contribution in [0.3, 0.4) is 0 Å². The fraction of sp³-hybridized carbons (Fsp3) is 0.278. The van der Waals surface area contributed by atoms with Crippen LogP contribution in [0.1, 0.15) is 13.3 Å². The molecule has 1 unspecified atom stereocenters. The number of benzene rings is 2. The first-order valence-electron chi connectivity index (χ1n) is 8.30. The molecule has 1 aliphatic rings. The molecule has 0 radical (unpaired) electrons. The summed E-state index contributed by atoms with van der Waals surface area (Å²) in [5.41, 5.74) is 3.45. The lowest BCUT2D eigenvalue weighted by Crippen LogP contribution is -2.40. The van der Waals surface area contributed by atoms with Crippen LogP contribution in [0.15, 0.2) is 54.6 Å². The number of aromatic nitrogens is 4. The van der Waals surface area contributed by atoms with Gasteiger partial charge in [-0.2, -0.15) is 0 Å². The zero-order valence-electron chi connectivity index (χ0n) is 13.6. The first kappa shape index (κ1) is 14.7. The standard InChI is InChI=1S/C18H20N6/c1-2-12-23-16-11-7-6-10-15(16)19-17(23)13-24-18(20-21-22-24)14-8-4-3-5-9-14/h3-11,17,19H,2,12-13H2,1H3. The fourth-order valence-corrected chi connectivity index (χ4v) is 3.22. The first-order chi connectivity index (χ1) is 11.9. The number of rotatable bonds is 5. The van der Waals surface area contributed by atoms with Crippen molar-refractivity contribution in [3.05, 3.63) is 54.6 Å². The van der Waals surface area contributed by atoms with Crippen molar-refractivity contribution in [3.8, 4) is 11.4 Å². The van der Waals surface area contributed by atoms with Crippen molar-refractivity contribution in [1.29, 1.82) is 0 Å². The van der Waals surface area contributed by atoms with Crippen LogP contribution in [0.5, 0.6) is 0 Å². The Balaban J connectivity index is 1.62. The SMILES string of the molecule is CCCN1c2ccccc2NC1Cn1nnnc1-c1ccccc1. The van der Waals surface area contributed by atoms with Gasteiger partial charge in [-0.05, 0) is 29.0 Å². The molecule has 24 heavy (non-hydrogen) atoms. The zero-order chi connectivity index (χ0) is 16.4. The third-order valence-electron chi connectivity index (χ3n) is 4.29. The predicted molar refractivity (Wildman–Crippen MR) is 94.7 cm³/mol. The van der Waals surface area contributed by atoms with E-state index in [9.17, 15) is 0 Å². The number of para-hydroxylation sites is 2. The normalized spacial score (nSPS) is 16.0. The number of hydrogen-bond acceptors (Lipinski definition) is 5. The Labute approximate surface area is 141 Å². The van der Waals surface area contributed by atoms with Gasteiger partial charge in [0.15, 0.2) is 5.82 Å². The van der Waals surface area contributed by atoms with Crippen molar-refractivity contribution in [2.75, 3.05) is 16.8 Å². The molecule has 1 atom stereocenters. The van der Waals surface area contributed by atoms with Gasteiger partial charge in [0, 0.05) is 12.1 Å². The van der Waals surface area contributed by atoms with Gasteiger partial charge in [0.1, 0.15) is 6.17 Å². The lowest BCUT2D eigenvalue weighted by Gasteiger charge is -2.26. The molecule has 0 bridgehead atoms. The molecule has 0 saturated carbocycles. The van der Waals surface area contributed by atoms with Crippen molar-refractivity contribution < 1.29 is 0 Å². The molecular formula is C18H20N6. The summed E-state index contributed by atoms with van der Waals surface area (Å²) in [4.78, 5) is 2.39. The molecule has 0 saturated heterocycles. The van der Waals surface area contributed by atoms with E-state index >= 15 is 0 Å². The lowest BCUT2D eigenvalue weighted by atomic mass is 10.2. The van der Waals surface area contributed by atoms with Crippen molar-refractivity contribution in [3.63, 3.8) is 0 Å². The van der Waals surface area contributed by atoms with Gasteiger partial charge in [0.25, 0.3) is 0 Å². The van der Waals surface area contributed by atoms with Gasteiger partial charge in [-0.1, -0.05) is 49.4 Å². The molecular weight excluding hydrogens is 300 g/mol. The molecule has 6 nitrogen and oxygen atoms in total. The second kappa shape index (κ2) is 6.31. The van der Waals surface area contributed by atoms with Crippen LogP contribution in [0.25, 0.3) is 11.4 Å². The van der Waals surface area contributed by atoms with E-state index in [-0.39, 0.29) is 6.17 Å². The van der Waals surface area contributed by atoms with Crippen LogP contribution < -0.4 is 10.2 Å². The summed E-state index contributed by atoms with van der Waals surface area (Å²) in [6.45, 7) is 3.88. The molecule has 2 heterocycles. The highest BCUT2D eigenvalue weighted by atomic mass is 15.6. The van der Waals surface area contributed by atoms with Crippen LogP contribution in [-0.2, 0) is 6.54 Å². The molecule has 122 valence electrons. The van der Waals surface area contributed by atoms with Gasteiger partial charge in [-0.15, -0.1) is 5.10 Å². The Kier molecular flexibility index (Phi) is 3.86. The maximum absolute atomic E-state index is 4.20. The minimum absolute atomic E-state index is 0.147. The highest BCUT2D eigenvalue weighted by molar-refractivity contribution is 5.75. The van der Waals surface area contributed by atoms with E-state index in [2.05, 4.69) is 56.9 Å². The number of hydrogen-bond donors (Lipinski definition) is 1. The molecule has 1 aromatic heterocycles. The Morgan fingerprint density at radius 2 is 1.83 bits per heavy atom. The summed E-state index contributed by atoms with van der Waals surface area (Å²) in [7, 11) is 0. The fourth-order valence-electron chi connectivity index (χ4n) is 3.22. The van der Waals surface area contributed by atoms with Gasteiger partial charge in [-0.25, -0.2) is 4.68 Å². The van der Waals surface area contributed by atoms with Gasteiger partial charge >= 0.3 is 0 Å². The Hall–Kier alpha value is -2.89. The Morgan fingerprint density at radius 1 is 1.04 bits per heavy atom. The second-order valence-corrected chi connectivity index (χ2v) is 5.92. The van der Waals surface area contributed by atoms with Crippen LogP contribution in [0, 0.1) is 0 Å². The molecule has 1 N–H and O–H groups in total. The molecule has 6 heteroatoms. The van der Waals surface area contributed by atoms with Gasteiger partial charge in [-0.3, -0.25) is 0 Å². The first-order valence-corrected chi connectivity index (χ1v) is 8.30. The van der Waals surface area contributed by atoms with E-state index in [0.29, 0.717) is 6.54 Å². The number of nitrogens with one attached hydrogen (secondary N) is 1. The van der Waals surface area contributed by atoms with Crippen molar-refractivity contribution in [1.82, 2.24) is 20.2 Å². The van der Waals surface area contributed by atoms with Crippen molar-refractivity contribution >= 4 is 11.4 Å².